The van der Waals surface area contributed by atoms with Gasteiger partial charge in [-0.05, 0) is 5.56 Å². The molecular formula is C13H14O2. The van der Waals surface area contributed by atoms with Gasteiger partial charge in [-0.3, -0.25) is 4.79 Å². The van der Waals surface area contributed by atoms with E-state index >= 15 is 0 Å². The van der Waals surface area contributed by atoms with Crippen molar-refractivity contribution in [3.05, 3.63) is 47.7 Å². The van der Waals surface area contributed by atoms with Gasteiger partial charge in [0.2, 0.25) is 0 Å². The smallest absolute Gasteiger partial charge is 0.167 e. The molecule has 0 aromatic heterocycles. The second kappa shape index (κ2) is 3.89. The van der Waals surface area contributed by atoms with E-state index in [-0.39, 0.29) is 17.6 Å². The molecule has 1 aromatic rings. The molecule has 2 heteroatoms. The summed E-state index contributed by atoms with van der Waals surface area (Å²) in [5, 5.41) is 0. The minimum Gasteiger partial charge on any atom is -0.501 e. The fraction of sp³-hybridized carbons (Fsp3) is 0.308. The van der Waals surface area contributed by atoms with E-state index in [2.05, 4.69) is 0 Å². The van der Waals surface area contributed by atoms with Crippen molar-refractivity contribution in [3.63, 3.8) is 0 Å². The first kappa shape index (κ1) is 9.97. The maximum atomic E-state index is 11.8. The summed E-state index contributed by atoms with van der Waals surface area (Å²) in [6, 6.07) is 9.86. The molecule has 1 aromatic carbocycles. The Morgan fingerprint density at radius 3 is 2.40 bits per heavy atom. The lowest BCUT2D eigenvalue weighted by atomic mass is 9.88. The summed E-state index contributed by atoms with van der Waals surface area (Å²) >= 11 is 0. The third-order valence-electron chi connectivity index (χ3n) is 2.93. The Labute approximate surface area is 89.6 Å². The highest BCUT2D eigenvalue weighted by atomic mass is 16.5. The van der Waals surface area contributed by atoms with Gasteiger partial charge in [0.25, 0.3) is 0 Å². The van der Waals surface area contributed by atoms with Crippen molar-refractivity contribution in [2.24, 2.45) is 5.92 Å². The fourth-order valence-corrected chi connectivity index (χ4v) is 2.13. The van der Waals surface area contributed by atoms with E-state index in [1.54, 1.807) is 13.2 Å². The number of ether oxygens (including phenoxy) is 1. The summed E-state index contributed by atoms with van der Waals surface area (Å²) in [5.74, 6) is 1.01. The number of carbonyl (C=O) groups excluding carboxylic acids is 1. The topological polar surface area (TPSA) is 26.3 Å². The predicted molar refractivity (Wildman–Crippen MR) is 58.4 cm³/mol. The highest BCUT2D eigenvalue weighted by molar-refractivity contribution is 5.98. The molecule has 2 atom stereocenters. The van der Waals surface area contributed by atoms with Crippen LogP contribution in [-0.2, 0) is 9.53 Å². The van der Waals surface area contributed by atoms with Crippen molar-refractivity contribution in [2.45, 2.75) is 12.8 Å². The molecule has 0 saturated heterocycles. The number of ketones is 1. The van der Waals surface area contributed by atoms with E-state index in [4.69, 9.17) is 4.74 Å². The van der Waals surface area contributed by atoms with E-state index in [1.165, 1.54) is 0 Å². The summed E-state index contributed by atoms with van der Waals surface area (Å²) in [6.45, 7) is 2.03. The summed E-state index contributed by atoms with van der Waals surface area (Å²) < 4.78 is 5.19. The number of allylic oxidation sites excluding steroid dienone is 2. The van der Waals surface area contributed by atoms with Gasteiger partial charge in [0.15, 0.2) is 5.78 Å². The molecule has 0 saturated carbocycles. The largest absolute Gasteiger partial charge is 0.501 e. The molecule has 0 spiro atoms. The molecule has 0 heterocycles. The fourth-order valence-electron chi connectivity index (χ4n) is 2.13. The van der Waals surface area contributed by atoms with Crippen LogP contribution in [0.25, 0.3) is 0 Å². The van der Waals surface area contributed by atoms with Crippen LogP contribution in [-0.4, -0.2) is 12.9 Å². The van der Waals surface area contributed by atoms with Crippen LogP contribution in [0.15, 0.2) is 42.2 Å². The molecule has 0 bridgehead atoms. The molecule has 1 aliphatic rings. The molecular weight excluding hydrogens is 188 g/mol. The van der Waals surface area contributed by atoms with Gasteiger partial charge in [-0.15, -0.1) is 0 Å². The molecule has 0 N–H and O–H groups in total. The van der Waals surface area contributed by atoms with Gasteiger partial charge in [-0.2, -0.15) is 0 Å². The first-order valence-corrected chi connectivity index (χ1v) is 5.08. The normalized spacial score (nSPS) is 25.2. The maximum absolute atomic E-state index is 11.8. The molecule has 15 heavy (non-hydrogen) atoms. The number of hydrogen-bond acceptors (Lipinski definition) is 2. The molecule has 2 unspecified atom stereocenters. The molecule has 1 aliphatic carbocycles. The van der Waals surface area contributed by atoms with Crippen molar-refractivity contribution in [1.29, 1.82) is 0 Å². The summed E-state index contributed by atoms with van der Waals surface area (Å²) in [5.41, 5.74) is 1.07. The van der Waals surface area contributed by atoms with E-state index in [9.17, 15) is 4.79 Å². The second-order valence-corrected chi connectivity index (χ2v) is 3.83. The average Bonchev–Trinajstić information content (AvgIpc) is 2.55. The number of rotatable bonds is 2. The summed E-state index contributed by atoms with van der Waals surface area (Å²) in [6.07, 6.45) is 1.61. The number of benzene rings is 1. The van der Waals surface area contributed by atoms with Gasteiger partial charge in [0.1, 0.15) is 5.76 Å². The van der Waals surface area contributed by atoms with Crippen LogP contribution in [0.5, 0.6) is 0 Å². The summed E-state index contributed by atoms with van der Waals surface area (Å²) in [4.78, 5) is 11.8. The maximum Gasteiger partial charge on any atom is 0.167 e. The van der Waals surface area contributed by atoms with Crippen molar-refractivity contribution in [3.8, 4) is 0 Å². The Kier molecular flexibility index (Phi) is 2.58. The van der Waals surface area contributed by atoms with Crippen molar-refractivity contribution in [2.75, 3.05) is 7.11 Å². The lowest BCUT2D eigenvalue weighted by Gasteiger charge is -2.16. The van der Waals surface area contributed by atoms with Crippen molar-refractivity contribution < 1.29 is 9.53 Å². The lowest BCUT2D eigenvalue weighted by molar-refractivity contribution is -0.115. The Morgan fingerprint density at radius 1 is 1.20 bits per heavy atom. The Hall–Kier alpha value is -1.57. The zero-order valence-corrected chi connectivity index (χ0v) is 8.94. The monoisotopic (exact) mass is 202 g/mol. The Balaban J connectivity index is 2.31. The van der Waals surface area contributed by atoms with Crippen molar-refractivity contribution in [1.82, 2.24) is 0 Å². The van der Waals surface area contributed by atoms with Gasteiger partial charge in [-0.1, -0.05) is 37.3 Å². The average molecular weight is 202 g/mol. The van der Waals surface area contributed by atoms with Crippen LogP contribution < -0.4 is 0 Å². The van der Waals surface area contributed by atoms with Gasteiger partial charge >= 0.3 is 0 Å². The first-order chi connectivity index (χ1) is 7.24. The molecule has 0 aliphatic heterocycles. The van der Waals surface area contributed by atoms with Crippen LogP contribution >= 0.6 is 0 Å². The number of methoxy groups -OCH3 is 1. The van der Waals surface area contributed by atoms with Gasteiger partial charge in [0, 0.05) is 12.0 Å². The van der Waals surface area contributed by atoms with E-state index in [0.717, 1.165) is 11.3 Å². The van der Waals surface area contributed by atoms with Gasteiger partial charge < -0.3 is 4.74 Å². The highest BCUT2D eigenvalue weighted by Gasteiger charge is 2.34. The molecule has 2 rings (SSSR count). The van der Waals surface area contributed by atoms with Gasteiger partial charge in [-0.25, -0.2) is 0 Å². The van der Waals surface area contributed by atoms with Crippen LogP contribution in [0.4, 0.5) is 0 Å². The second-order valence-electron chi connectivity index (χ2n) is 3.83. The predicted octanol–water partition coefficient (Wildman–Crippen LogP) is 2.52. The van der Waals surface area contributed by atoms with E-state index < -0.39 is 0 Å². The SMILES string of the molecule is COC1=CC(=O)C(c2ccccc2)C1C. The standard InChI is InChI=1S/C13H14O2/c1-9-12(15-2)8-11(14)13(9)10-6-4-3-5-7-10/h3-9,13H,1-2H3. The third-order valence-corrected chi connectivity index (χ3v) is 2.93. The number of carbonyl (C=O) groups is 1. The van der Waals surface area contributed by atoms with Gasteiger partial charge in [0.05, 0.1) is 13.0 Å². The van der Waals surface area contributed by atoms with Crippen LogP contribution in [0.2, 0.25) is 0 Å². The third kappa shape index (κ3) is 1.67. The molecule has 78 valence electrons. The zero-order valence-electron chi connectivity index (χ0n) is 8.94. The number of hydrogen-bond donors (Lipinski definition) is 0. The molecule has 0 amide bonds. The van der Waals surface area contributed by atoms with E-state index in [1.807, 2.05) is 37.3 Å². The Bertz CT molecular complexity index is 392. The molecule has 0 fully saturated rings. The quantitative estimate of drug-likeness (QED) is 0.736. The lowest BCUT2D eigenvalue weighted by Crippen LogP contribution is -2.12. The zero-order chi connectivity index (χ0) is 10.8. The van der Waals surface area contributed by atoms with Crippen LogP contribution in [0, 0.1) is 5.92 Å². The minimum absolute atomic E-state index is 0.0684. The van der Waals surface area contributed by atoms with Crippen molar-refractivity contribution >= 4 is 5.78 Å². The summed E-state index contributed by atoms with van der Waals surface area (Å²) in [7, 11) is 1.61. The van der Waals surface area contributed by atoms with Crippen LogP contribution in [0.1, 0.15) is 18.4 Å². The van der Waals surface area contributed by atoms with E-state index in [0.29, 0.717) is 0 Å². The first-order valence-electron chi connectivity index (χ1n) is 5.08. The Morgan fingerprint density at radius 2 is 1.87 bits per heavy atom. The minimum atomic E-state index is -0.0684. The molecule has 2 nitrogen and oxygen atoms in total. The van der Waals surface area contributed by atoms with Crippen LogP contribution in [0.3, 0.4) is 0 Å². The molecule has 0 radical (unpaired) electrons. The highest BCUT2D eigenvalue weighted by Crippen LogP contribution is 2.36.